The van der Waals surface area contributed by atoms with Crippen LogP contribution >= 0.6 is 14.3 Å². The van der Waals surface area contributed by atoms with E-state index in [0.717, 1.165) is 22.3 Å². The largest absolute Gasteiger partial charge is 0.456 e. The van der Waals surface area contributed by atoms with Crippen LogP contribution in [0.25, 0.3) is 0 Å². The Labute approximate surface area is 322 Å². The Kier molecular flexibility index (Phi) is 7.21. The van der Waals surface area contributed by atoms with E-state index in [1.807, 2.05) is 109 Å². The summed E-state index contributed by atoms with van der Waals surface area (Å²) in [6, 6.07) is 38.9. The van der Waals surface area contributed by atoms with Gasteiger partial charge in [0.2, 0.25) is 0 Å². The van der Waals surface area contributed by atoms with Crippen LogP contribution in [0.1, 0.15) is 62.8 Å². The van der Waals surface area contributed by atoms with Gasteiger partial charge in [0.1, 0.15) is 34.5 Å². The second-order valence-electron chi connectivity index (χ2n) is 16.9. The number of hydrogen-bond donors (Lipinski definition) is 0. The summed E-state index contributed by atoms with van der Waals surface area (Å²) >= 11 is 0. The highest BCUT2D eigenvalue weighted by Crippen LogP contribution is 2.61. The van der Waals surface area contributed by atoms with Gasteiger partial charge in [0.15, 0.2) is 14.3 Å². The van der Waals surface area contributed by atoms with Gasteiger partial charge in [-0.2, -0.15) is 0 Å². The molecule has 0 radical (unpaired) electrons. The number of hydrogen-bond acceptors (Lipinski definition) is 6. The molecule has 0 bridgehead atoms. The van der Waals surface area contributed by atoms with Crippen LogP contribution in [-0.4, -0.2) is 5.79 Å². The SMILES string of the molecule is Cc1cc2c(c(P3(=O)c4ccccc4Oc4ccccc43)c1)OC1(CC2(C)C)CC(C)(C)c2cc(C)cc(P3(=O)c4ccccc4Oc4ccccc43)c2O1. The van der Waals surface area contributed by atoms with Gasteiger partial charge >= 0.3 is 0 Å². The first kappa shape index (κ1) is 34.5. The Hall–Kier alpha value is -5.02. The average molecular weight is 765 g/mol. The molecule has 1 spiro atoms. The summed E-state index contributed by atoms with van der Waals surface area (Å²) in [7, 11) is -7.08. The molecular weight excluding hydrogens is 722 g/mol. The summed E-state index contributed by atoms with van der Waals surface area (Å²) in [6.45, 7) is 13.0. The van der Waals surface area contributed by atoms with Gasteiger partial charge in [0, 0.05) is 34.8 Å². The molecule has 0 aliphatic carbocycles. The zero-order chi connectivity index (χ0) is 38.1. The zero-order valence-electron chi connectivity index (χ0n) is 31.8. The normalized spacial score (nSPS) is 19.3. The summed E-state index contributed by atoms with van der Waals surface area (Å²) in [4.78, 5) is 0. The highest BCUT2D eigenvalue weighted by atomic mass is 31.2. The first-order chi connectivity index (χ1) is 26.2. The molecule has 276 valence electrons. The summed E-state index contributed by atoms with van der Waals surface area (Å²) in [5.74, 6) is 2.29. The maximum atomic E-state index is 16.2. The number of ether oxygens (including phenoxy) is 4. The Bertz CT molecular complexity index is 2440. The predicted molar refractivity (Wildman–Crippen MR) is 221 cm³/mol. The fraction of sp³-hybridized carbons (Fsp3) is 0.234. The van der Waals surface area contributed by atoms with Crippen molar-refractivity contribution in [1.82, 2.24) is 0 Å². The molecule has 6 nitrogen and oxygen atoms in total. The standard InChI is InChI=1S/C47H42O6P2/c1-29-23-31-43(41(25-29)54(48)37-19-11-7-15-33(37)50-34-16-8-12-20-38(34)54)52-47(27-45(31,3)4)28-46(5,6)32-24-30(2)26-42(44(32)53-47)55(49)39-21-13-9-17-35(39)51-36-18-10-14-22-40(36)55/h7-26H,27-28H2,1-6H3. The molecule has 0 fully saturated rings. The Balaban J connectivity index is 1.21. The lowest BCUT2D eigenvalue weighted by atomic mass is 9.69. The quantitative estimate of drug-likeness (QED) is 0.164. The molecule has 0 amide bonds. The van der Waals surface area contributed by atoms with E-state index in [9.17, 15) is 0 Å². The van der Waals surface area contributed by atoms with Gasteiger partial charge in [-0.3, -0.25) is 0 Å². The smallest absolute Gasteiger partial charge is 0.253 e. The number of benzene rings is 6. The van der Waals surface area contributed by atoms with E-state index in [2.05, 4.69) is 53.7 Å². The molecule has 55 heavy (non-hydrogen) atoms. The lowest BCUT2D eigenvalue weighted by molar-refractivity contribution is -0.165. The van der Waals surface area contributed by atoms with Crippen molar-refractivity contribution in [2.45, 2.75) is 71.0 Å². The third kappa shape index (κ3) is 4.87. The molecule has 0 aromatic heterocycles. The minimum atomic E-state index is -3.54. The molecule has 4 aliphatic heterocycles. The molecular formula is C47H42O6P2. The van der Waals surface area contributed by atoms with Crippen LogP contribution in [0.4, 0.5) is 0 Å². The van der Waals surface area contributed by atoms with Crippen molar-refractivity contribution < 1.29 is 28.1 Å². The fourth-order valence-electron chi connectivity index (χ4n) is 9.56. The molecule has 10 rings (SSSR count). The highest BCUT2D eigenvalue weighted by Gasteiger charge is 2.57. The Morgan fingerprint density at radius 1 is 0.455 bits per heavy atom. The maximum Gasteiger partial charge on any atom is 0.253 e. The summed E-state index contributed by atoms with van der Waals surface area (Å²) in [5.41, 5.74) is 3.06. The van der Waals surface area contributed by atoms with Crippen LogP contribution in [0.3, 0.4) is 0 Å². The topological polar surface area (TPSA) is 71.1 Å². The maximum absolute atomic E-state index is 16.2. The van der Waals surface area contributed by atoms with Crippen LogP contribution in [0, 0.1) is 13.8 Å². The number of fused-ring (bicyclic) bond motifs is 6. The monoisotopic (exact) mass is 764 g/mol. The second-order valence-corrected chi connectivity index (χ2v) is 22.2. The summed E-state index contributed by atoms with van der Waals surface area (Å²) < 4.78 is 60.0. The van der Waals surface area contributed by atoms with E-state index in [1.54, 1.807) is 0 Å². The molecule has 6 aromatic carbocycles. The fourth-order valence-corrected chi connectivity index (χ4v) is 15.7. The van der Waals surface area contributed by atoms with Gasteiger partial charge in [-0.15, -0.1) is 0 Å². The predicted octanol–water partition coefficient (Wildman–Crippen LogP) is 9.31. The number of rotatable bonds is 2. The van der Waals surface area contributed by atoms with E-state index >= 15 is 9.13 Å². The molecule has 0 atom stereocenters. The Morgan fingerprint density at radius 2 is 0.764 bits per heavy atom. The lowest BCUT2D eigenvalue weighted by Crippen LogP contribution is -2.57. The molecule has 8 heteroatoms. The molecule has 0 saturated heterocycles. The van der Waals surface area contributed by atoms with E-state index in [1.165, 1.54) is 0 Å². The van der Waals surface area contributed by atoms with Crippen molar-refractivity contribution in [2.75, 3.05) is 0 Å². The minimum Gasteiger partial charge on any atom is -0.456 e. The van der Waals surface area contributed by atoms with Crippen molar-refractivity contribution >= 4 is 46.1 Å². The van der Waals surface area contributed by atoms with Crippen LogP contribution < -0.4 is 50.8 Å². The minimum absolute atomic E-state index is 0.459. The second kappa shape index (κ2) is 11.5. The van der Waals surface area contributed by atoms with Crippen molar-refractivity contribution in [3.05, 3.63) is 144 Å². The summed E-state index contributed by atoms with van der Waals surface area (Å²) in [5, 5.41) is 3.84. The molecule has 0 unspecified atom stereocenters. The van der Waals surface area contributed by atoms with Crippen molar-refractivity contribution in [2.24, 2.45) is 0 Å². The van der Waals surface area contributed by atoms with Crippen LogP contribution in [0.2, 0.25) is 0 Å². The van der Waals surface area contributed by atoms with Crippen molar-refractivity contribution in [1.29, 1.82) is 0 Å². The van der Waals surface area contributed by atoms with E-state index < -0.39 is 30.9 Å². The number of aryl methyl sites for hydroxylation is 2. The Morgan fingerprint density at radius 3 is 1.09 bits per heavy atom. The van der Waals surface area contributed by atoms with Gasteiger partial charge in [-0.1, -0.05) is 88.4 Å². The van der Waals surface area contributed by atoms with Gasteiger partial charge in [-0.05, 0) is 85.6 Å². The van der Waals surface area contributed by atoms with Gasteiger partial charge in [0.25, 0.3) is 5.79 Å². The van der Waals surface area contributed by atoms with Gasteiger partial charge < -0.3 is 28.1 Å². The van der Waals surface area contributed by atoms with Crippen molar-refractivity contribution in [3.63, 3.8) is 0 Å². The molecule has 4 aliphatic rings. The molecule has 4 heterocycles. The molecule has 6 aromatic rings. The van der Waals surface area contributed by atoms with Crippen LogP contribution in [-0.2, 0) is 20.0 Å². The van der Waals surface area contributed by atoms with Crippen molar-refractivity contribution in [3.8, 4) is 34.5 Å². The highest BCUT2D eigenvalue weighted by molar-refractivity contribution is 7.86. The van der Waals surface area contributed by atoms with E-state index in [-0.39, 0.29) is 0 Å². The molecule has 0 N–H and O–H groups in total. The third-order valence-electron chi connectivity index (χ3n) is 11.8. The van der Waals surface area contributed by atoms with Crippen LogP contribution in [0.5, 0.6) is 34.5 Å². The van der Waals surface area contributed by atoms with E-state index in [4.69, 9.17) is 18.9 Å². The molecule has 0 saturated carbocycles. The van der Waals surface area contributed by atoms with Gasteiger partial charge in [-0.25, -0.2) is 0 Å². The summed E-state index contributed by atoms with van der Waals surface area (Å²) in [6.07, 6.45) is 1.04. The average Bonchev–Trinajstić information content (AvgIpc) is 3.15. The third-order valence-corrected chi connectivity index (χ3v) is 18.0. The van der Waals surface area contributed by atoms with E-state index in [0.29, 0.717) is 79.2 Å². The zero-order valence-corrected chi connectivity index (χ0v) is 33.6. The van der Waals surface area contributed by atoms with Gasteiger partial charge in [0.05, 0.1) is 31.8 Å². The van der Waals surface area contributed by atoms with Crippen LogP contribution in [0.15, 0.2) is 121 Å². The number of para-hydroxylation sites is 4. The first-order valence-electron chi connectivity index (χ1n) is 18.9. The lowest BCUT2D eigenvalue weighted by Gasteiger charge is -2.52. The first-order valence-corrected chi connectivity index (χ1v) is 22.3.